The second-order valence-electron chi connectivity index (χ2n) is 4.12. The maximum absolute atomic E-state index is 12.2. The Balaban J connectivity index is 2.16. The van der Waals surface area contributed by atoms with Gasteiger partial charge in [0.2, 0.25) is 5.91 Å². The Morgan fingerprint density at radius 3 is 2.84 bits per heavy atom. The van der Waals surface area contributed by atoms with Gasteiger partial charge in [-0.2, -0.15) is 4.52 Å². The number of hydrogen-bond acceptors (Lipinski definition) is 6. The quantitative estimate of drug-likeness (QED) is 0.828. The maximum Gasteiger partial charge on any atom is 0.244 e. The minimum Gasteiger partial charge on any atom is -0.357 e. The van der Waals surface area contributed by atoms with E-state index >= 15 is 0 Å². The Bertz CT molecular complexity index is 563. The fraction of sp³-hybridized carbons (Fsp3) is 0.545. The Morgan fingerprint density at radius 1 is 1.42 bits per heavy atom. The van der Waals surface area contributed by atoms with Crippen molar-refractivity contribution in [1.29, 1.82) is 0 Å². The SMILES string of the molecule is CCN(CC)C(=O)C(C)Nc1cncc2nnnn12. The monoisotopic (exact) mass is 263 g/mol. The Labute approximate surface area is 110 Å². The van der Waals surface area contributed by atoms with Gasteiger partial charge in [-0.05, 0) is 31.2 Å². The minimum atomic E-state index is -0.364. The molecular weight excluding hydrogens is 246 g/mol. The third kappa shape index (κ3) is 2.61. The number of rotatable bonds is 5. The molecule has 8 nitrogen and oxygen atoms in total. The smallest absolute Gasteiger partial charge is 0.244 e. The van der Waals surface area contributed by atoms with E-state index in [1.54, 1.807) is 17.3 Å². The number of likely N-dealkylation sites (N-methyl/N-ethyl adjacent to an activating group) is 1. The molecule has 0 aromatic carbocycles. The normalized spacial score (nSPS) is 12.4. The number of aromatic nitrogens is 5. The van der Waals surface area contributed by atoms with E-state index in [9.17, 15) is 4.79 Å². The van der Waals surface area contributed by atoms with Gasteiger partial charge in [0.25, 0.3) is 0 Å². The first-order valence-electron chi connectivity index (χ1n) is 6.24. The van der Waals surface area contributed by atoms with Crippen LogP contribution in [0.25, 0.3) is 5.65 Å². The molecule has 0 aliphatic rings. The number of tetrazole rings is 1. The Kier molecular flexibility index (Phi) is 3.88. The number of nitrogens with one attached hydrogen (secondary N) is 1. The Morgan fingerprint density at radius 2 is 2.16 bits per heavy atom. The summed E-state index contributed by atoms with van der Waals surface area (Å²) in [5.74, 6) is 0.630. The lowest BCUT2D eigenvalue weighted by Gasteiger charge is -2.23. The van der Waals surface area contributed by atoms with Gasteiger partial charge in [-0.15, -0.1) is 5.10 Å². The fourth-order valence-electron chi connectivity index (χ4n) is 1.87. The van der Waals surface area contributed by atoms with Crippen LogP contribution in [0.3, 0.4) is 0 Å². The molecule has 0 saturated carbocycles. The zero-order valence-electron chi connectivity index (χ0n) is 11.2. The van der Waals surface area contributed by atoms with Crippen LogP contribution in [-0.4, -0.2) is 55.0 Å². The zero-order valence-corrected chi connectivity index (χ0v) is 11.2. The summed E-state index contributed by atoms with van der Waals surface area (Å²) in [5.41, 5.74) is 0.535. The standard InChI is InChI=1S/C11H17N7O/c1-4-17(5-2)11(19)8(3)13-9-6-12-7-10-14-15-16-18(9)10/h6-8,13H,4-5H2,1-3H3. The summed E-state index contributed by atoms with van der Waals surface area (Å²) < 4.78 is 1.51. The highest BCUT2D eigenvalue weighted by Gasteiger charge is 2.19. The maximum atomic E-state index is 12.2. The van der Waals surface area contributed by atoms with Crippen LogP contribution < -0.4 is 5.32 Å². The lowest BCUT2D eigenvalue weighted by Crippen LogP contribution is -2.41. The molecule has 2 rings (SSSR count). The van der Waals surface area contributed by atoms with Gasteiger partial charge in [0.1, 0.15) is 6.04 Å². The van der Waals surface area contributed by atoms with Gasteiger partial charge in [-0.1, -0.05) is 0 Å². The molecule has 1 unspecified atom stereocenters. The summed E-state index contributed by atoms with van der Waals surface area (Å²) in [4.78, 5) is 18.0. The van der Waals surface area contributed by atoms with Gasteiger partial charge in [0, 0.05) is 13.1 Å². The van der Waals surface area contributed by atoms with E-state index in [4.69, 9.17) is 0 Å². The largest absolute Gasteiger partial charge is 0.357 e. The van der Waals surface area contributed by atoms with Crippen molar-refractivity contribution in [1.82, 2.24) is 29.9 Å². The molecule has 1 N–H and O–H groups in total. The molecule has 2 aromatic heterocycles. The molecule has 2 heterocycles. The average Bonchev–Trinajstić information content (AvgIpc) is 2.89. The van der Waals surface area contributed by atoms with E-state index in [1.165, 1.54) is 4.52 Å². The highest BCUT2D eigenvalue weighted by atomic mass is 16.2. The third-order valence-electron chi connectivity index (χ3n) is 2.92. The number of fused-ring (bicyclic) bond motifs is 1. The fourth-order valence-corrected chi connectivity index (χ4v) is 1.87. The molecule has 2 aromatic rings. The predicted octanol–water partition coefficient (Wildman–Crippen LogP) is 0.188. The first-order chi connectivity index (χ1) is 9.17. The lowest BCUT2D eigenvalue weighted by atomic mass is 10.3. The van der Waals surface area contributed by atoms with E-state index < -0.39 is 0 Å². The summed E-state index contributed by atoms with van der Waals surface area (Å²) in [6.07, 6.45) is 3.15. The van der Waals surface area contributed by atoms with Gasteiger partial charge in [-0.3, -0.25) is 9.78 Å². The molecule has 0 radical (unpaired) electrons. The van der Waals surface area contributed by atoms with E-state index in [0.29, 0.717) is 24.6 Å². The van der Waals surface area contributed by atoms with Crippen molar-refractivity contribution in [2.75, 3.05) is 18.4 Å². The van der Waals surface area contributed by atoms with Crippen molar-refractivity contribution >= 4 is 17.4 Å². The summed E-state index contributed by atoms with van der Waals surface area (Å²) >= 11 is 0. The van der Waals surface area contributed by atoms with Crippen LogP contribution in [0, 0.1) is 0 Å². The van der Waals surface area contributed by atoms with Gasteiger partial charge in [0.15, 0.2) is 11.5 Å². The van der Waals surface area contributed by atoms with Gasteiger partial charge < -0.3 is 10.2 Å². The van der Waals surface area contributed by atoms with Crippen LogP contribution >= 0.6 is 0 Å². The van der Waals surface area contributed by atoms with Gasteiger partial charge in [-0.25, -0.2) is 0 Å². The van der Waals surface area contributed by atoms with E-state index in [1.807, 2.05) is 20.8 Å². The molecule has 1 atom stereocenters. The number of anilines is 1. The van der Waals surface area contributed by atoms with Crippen LogP contribution in [0.15, 0.2) is 12.4 Å². The van der Waals surface area contributed by atoms with E-state index in [0.717, 1.165) is 0 Å². The summed E-state index contributed by atoms with van der Waals surface area (Å²) in [6, 6.07) is -0.364. The summed E-state index contributed by atoms with van der Waals surface area (Å²) in [7, 11) is 0. The third-order valence-corrected chi connectivity index (χ3v) is 2.92. The molecule has 1 amide bonds. The van der Waals surface area contributed by atoms with Crippen LogP contribution in [0.4, 0.5) is 5.82 Å². The highest BCUT2D eigenvalue weighted by Crippen LogP contribution is 2.08. The molecule has 0 aliphatic heterocycles. The Hall–Kier alpha value is -2.25. The molecule has 0 saturated heterocycles. The highest BCUT2D eigenvalue weighted by molar-refractivity contribution is 5.84. The van der Waals surface area contributed by atoms with Gasteiger partial charge >= 0.3 is 0 Å². The summed E-state index contributed by atoms with van der Waals surface area (Å²) in [6.45, 7) is 7.10. The van der Waals surface area contributed by atoms with E-state index in [-0.39, 0.29) is 11.9 Å². The van der Waals surface area contributed by atoms with Crippen molar-refractivity contribution in [2.24, 2.45) is 0 Å². The lowest BCUT2D eigenvalue weighted by molar-refractivity contribution is -0.131. The minimum absolute atomic E-state index is 0.0371. The van der Waals surface area contributed by atoms with Crippen molar-refractivity contribution in [2.45, 2.75) is 26.8 Å². The van der Waals surface area contributed by atoms with E-state index in [2.05, 4.69) is 25.8 Å². The number of amides is 1. The van der Waals surface area contributed by atoms with Crippen molar-refractivity contribution in [3.8, 4) is 0 Å². The van der Waals surface area contributed by atoms with Gasteiger partial charge in [0.05, 0.1) is 12.4 Å². The first kappa shape index (κ1) is 13.2. The molecule has 0 aliphatic carbocycles. The number of nitrogens with zero attached hydrogens (tertiary/aromatic N) is 6. The molecule has 8 heteroatoms. The number of carbonyl (C=O) groups is 1. The average molecular weight is 263 g/mol. The van der Waals surface area contributed by atoms with Crippen molar-refractivity contribution < 1.29 is 4.79 Å². The zero-order chi connectivity index (χ0) is 13.8. The summed E-state index contributed by atoms with van der Waals surface area (Å²) in [5, 5.41) is 14.3. The number of hydrogen-bond donors (Lipinski definition) is 1. The number of carbonyl (C=O) groups excluding carboxylic acids is 1. The molecule has 102 valence electrons. The van der Waals surface area contributed by atoms with Crippen LogP contribution in [0.2, 0.25) is 0 Å². The van der Waals surface area contributed by atoms with Crippen LogP contribution in [-0.2, 0) is 4.79 Å². The topological polar surface area (TPSA) is 88.3 Å². The van der Waals surface area contributed by atoms with Crippen LogP contribution in [0.5, 0.6) is 0 Å². The molecular formula is C11H17N7O. The second kappa shape index (κ2) is 5.59. The molecule has 0 spiro atoms. The molecule has 19 heavy (non-hydrogen) atoms. The predicted molar refractivity (Wildman–Crippen MR) is 69.6 cm³/mol. The first-order valence-corrected chi connectivity index (χ1v) is 6.24. The second-order valence-corrected chi connectivity index (χ2v) is 4.12. The van der Waals surface area contributed by atoms with Crippen molar-refractivity contribution in [3.05, 3.63) is 12.4 Å². The van der Waals surface area contributed by atoms with Crippen LogP contribution in [0.1, 0.15) is 20.8 Å². The van der Waals surface area contributed by atoms with Crippen molar-refractivity contribution in [3.63, 3.8) is 0 Å². The molecule has 0 bridgehead atoms. The molecule has 0 fully saturated rings.